The van der Waals surface area contributed by atoms with Gasteiger partial charge in [-0.2, -0.15) is 0 Å². The first-order valence-corrected chi connectivity index (χ1v) is 5.75. The second kappa shape index (κ2) is 4.94. The van der Waals surface area contributed by atoms with Crippen molar-refractivity contribution in [3.63, 3.8) is 0 Å². The number of hydrogen-bond donors (Lipinski definition) is 0. The normalized spacial score (nSPS) is 18.5. The van der Waals surface area contributed by atoms with Crippen LogP contribution in [0.3, 0.4) is 0 Å². The van der Waals surface area contributed by atoms with Gasteiger partial charge in [-0.15, -0.1) is 0 Å². The summed E-state index contributed by atoms with van der Waals surface area (Å²) in [5.41, 5.74) is 0.706. The van der Waals surface area contributed by atoms with Crippen molar-refractivity contribution in [1.29, 1.82) is 0 Å². The molecular weight excluding hydrogens is 242 g/mol. The number of methoxy groups -OCH3 is 1. The van der Waals surface area contributed by atoms with E-state index in [4.69, 9.17) is 21.1 Å². The van der Waals surface area contributed by atoms with Gasteiger partial charge in [-0.05, 0) is 25.1 Å². The molecule has 17 heavy (non-hydrogen) atoms. The van der Waals surface area contributed by atoms with Crippen LogP contribution in [-0.2, 0) is 9.53 Å². The maximum atomic E-state index is 11.9. The lowest BCUT2D eigenvalue weighted by Crippen LogP contribution is -2.43. The molecule has 1 heterocycles. The van der Waals surface area contributed by atoms with Crippen LogP contribution in [0.25, 0.3) is 0 Å². The number of nitrogens with zero attached hydrogens (tertiary/aromatic N) is 1. The van der Waals surface area contributed by atoms with Gasteiger partial charge in [0.2, 0.25) is 0 Å². The number of ether oxygens (including phenoxy) is 2. The van der Waals surface area contributed by atoms with Gasteiger partial charge in [0.05, 0.1) is 12.2 Å². The van der Waals surface area contributed by atoms with Crippen molar-refractivity contribution in [2.45, 2.75) is 13.0 Å². The molecule has 1 aromatic carbocycles. The van der Waals surface area contributed by atoms with Crippen LogP contribution < -0.4 is 9.64 Å². The van der Waals surface area contributed by atoms with E-state index in [-0.39, 0.29) is 18.6 Å². The molecule has 0 radical (unpaired) electrons. The highest BCUT2D eigenvalue weighted by Gasteiger charge is 2.27. The number of fused-ring (bicyclic) bond motifs is 1. The Kier molecular flexibility index (Phi) is 3.54. The van der Waals surface area contributed by atoms with Crippen LogP contribution >= 0.6 is 11.6 Å². The molecule has 1 aromatic rings. The van der Waals surface area contributed by atoms with Crippen molar-refractivity contribution in [2.75, 3.05) is 25.2 Å². The summed E-state index contributed by atoms with van der Waals surface area (Å²) in [4.78, 5) is 13.6. The average Bonchev–Trinajstić information content (AvgIpc) is 2.29. The van der Waals surface area contributed by atoms with Gasteiger partial charge in [0.1, 0.15) is 18.5 Å². The molecule has 0 saturated heterocycles. The van der Waals surface area contributed by atoms with Gasteiger partial charge in [0.25, 0.3) is 5.91 Å². The summed E-state index contributed by atoms with van der Waals surface area (Å²) in [6.45, 7) is 2.48. The molecule has 5 heteroatoms. The molecule has 0 aliphatic carbocycles. The highest BCUT2D eigenvalue weighted by atomic mass is 35.5. The van der Waals surface area contributed by atoms with E-state index in [0.29, 0.717) is 23.0 Å². The maximum absolute atomic E-state index is 11.9. The summed E-state index contributed by atoms with van der Waals surface area (Å²) in [5.74, 6) is 0.587. The van der Waals surface area contributed by atoms with Crippen molar-refractivity contribution >= 4 is 23.2 Å². The Morgan fingerprint density at radius 3 is 3.12 bits per heavy atom. The lowest BCUT2D eigenvalue weighted by atomic mass is 10.2. The Morgan fingerprint density at radius 2 is 2.41 bits per heavy atom. The monoisotopic (exact) mass is 255 g/mol. The molecule has 0 unspecified atom stereocenters. The highest BCUT2D eigenvalue weighted by Crippen LogP contribution is 2.35. The number of anilines is 1. The molecule has 0 saturated carbocycles. The van der Waals surface area contributed by atoms with Gasteiger partial charge in [0.15, 0.2) is 0 Å². The van der Waals surface area contributed by atoms with E-state index in [9.17, 15) is 4.79 Å². The predicted molar refractivity (Wildman–Crippen MR) is 65.8 cm³/mol. The minimum absolute atomic E-state index is 0.0375. The molecule has 0 bridgehead atoms. The summed E-state index contributed by atoms with van der Waals surface area (Å²) >= 11 is 5.94. The standard InChI is InChI=1S/C12H14ClNO3/c1-8-6-14(12(15)7-16-2)10-5-9(13)3-4-11(10)17-8/h3-5,8H,6-7H2,1-2H3/t8-/m0/s1. The van der Waals surface area contributed by atoms with Gasteiger partial charge < -0.3 is 14.4 Å². The van der Waals surface area contributed by atoms with Crippen molar-refractivity contribution in [3.8, 4) is 5.75 Å². The third kappa shape index (κ3) is 2.53. The molecular formula is C12H14ClNO3. The predicted octanol–water partition coefficient (Wildman–Crippen LogP) is 2.10. The Balaban J connectivity index is 2.35. The Labute approximate surface area is 105 Å². The van der Waals surface area contributed by atoms with Crippen molar-refractivity contribution < 1.29 is 14.3 Å². The van der Waals surface area contributed by atoms with E-state index in [1.54, 1.807) is 23.1 Å². The van der Waals surface area contributed by atoms with Gasteiger partial charge >= 0.3 is 0 Å². The molecule has 1 aliphatic heterocycles. The van der Waals surface area contributed by atoms with Crippen molar-refractivity contribution in [1.82, 2.24) is 0 Å². The number of carbonyl (C=O) groups is 1. The molecule has 0 aromatic heterocycles. The Hall–Kier alpha value is -1.26. The molecule has 0 spiro atoms. The Morgan fingerprint density at radius 1 is 1.65 bits per heavy atom. The van der Waals surface area contributed by atoms with E-state index in [2.05, 4.69) is 0 Å². The van der Waals surface area contributed by atoms with E-state index in [1.807, 2.05) is 6.92 Å². The fourth-order valence-electron chi connectivity index (χ4n) is 1.85. The SMILES string of the molecule is COCC(=O)N1C[C@H](C)Oc2ccc(Cl)cc21. The molecule has 2 rings (SSSR count). The first-order chi connectivity index (χ1) is 8.11. The van der Waals surface area contributed by atoms with Gasteiger partial charge in [-0.1, -0.05) is 11.6 Å². The fourth-order valence-corrected chi connectivity index (χ4v) is 2.01. The van der Waals surface area contributed by atoms with Crippen molar-refractivity contribution in [2.24, 2.45) is 0 Å². The topological polar surface area (TPSA) is 38.8 Å². The van der Waals surface area contributed by atoms with Crippen LogP contribution in [0, 0.1) is 0 Å². The quantitative estimate of drug-likeness (QED) is 0.812. The number of carbonyl (C=O) groups excluding carboxylic acids is 1. The van der Waals surface area contributed by atoms with E-state index in [1.165, 1.54) is 7.11 Å². The van der Waals surface area contributed by atoms with Crippen molar-refractivity contribution in [3.05, 3.63) is 23.2 Å². The summed E-state index contributed by atoms with van der Waals surface area (Å²) in [5, 5.41) is 0.581. The van der Waals surface area contributed by atoms with Crippen LogP contribution in [0.4, 0.5) is 5.69 Å². The Bertz CT molecular complexity index is 436. The number of benzene rings is 1. The third-order valence-electron chi connectivity index (χ3n) is 2.55. The van der Waals surface area contributed by atoms with Gasteiger partial charge in [-0.25, -0.2) is 0 Å². The van der Waals surface area contributed by atoms with Crippen LogP contribution in [0.2, 0.25) is 5.02 Å². The molecule has 1 atom stereocenters. The molecule has 1 aliphatic rings. The zero-order chi connectivity index (χ0) is 12.4. The number of amides is 1. The summed E-state index contributed by atoms with van der Waals surface area (Å²) < 4.78 is 10.5. The second-order valence-corrected chi connectivity index (χ2v) is 4.41. The zero-order valence-electron chi connectivity index (χ0n) is 9.77. The van der Waals surface area contributed by atoms with E-state index >= 15 is 0 Å². The zero-order valence-corrected chi connectivity index (χ0v) is 10.5. The lowest BCUT2D eigenvalue weighted by Gasteiger charge is -2.33. The number of rotatable bonds is 2. The molecule has 0 N–H and O–H groups in total. The van der Waals surface area contributed by atoms with Crippen LogP contribution in [0.1, 0.15) is 6.92 Å². The first kappa shape index (κ1) is 12.2. The molecule has 1 amide bonds. The second-order valence-electron chi connectivity index (χ2n) is 3.98. The van der Waals surface area contributed by atoms with E-state index in [0.717, 1.165) is 0 Å². The fraction of sp³-hybridized carbons (Fsp3) is 0.417. The molecule has 4 nitrogen and oxygen atoms in total. The van der Waals surface area contributed by atoms with E-state index < -0.39 is 0 Å². The maximum Gasteiger partial charge on any atom is 0.253 e. The largest absolute Gasteiger partial charge is 0.487 e. The van der Waals surface area contributed by atoms with Crippen LogP contribution in [0.5, 0.6) is 5.75 Å². The summed E-state index contributed by atoms with van der Waals surface area (Å²) in [6, 6.07) is 5.26. The minimum atomic E-state index is -0.0915. The van der Waals surface area contributed by atoms with Gasteiger partial charge in [0, 0.05) is 12.1 Å². The minimum Gasteiger partial charge on any atom is -0.487 e. The molecule has 92 valence electrons. The summed E-state index contributed by atoms with van der Waals surface area (Å²) in [6.07, 6.45) is -0.0375. The smallest absolute Gasteiger partial charge is 0.253 e. The highest BCUT2D eigenvalue weighted by molar-refractivity contribution is 6.31. The van der Waals surface area contributed by atoms with Crippen LogP contribution in [0.15, 0.2) is 18.2 Å². The lowest BCUT2D eigenvalue weighted by molar-refractivity contribution is -0.122. The average molecular weight is 256 g/mol. The summed E-state index contributed by atoms with van der Waals surface area (Å²) in [7, 11) is 1.50. The third-order valence-corrected chi connectivity index (χ3v) is 2.78. The number of halogens is 1. The van der Waals surface area contributed by atoms with Crippen LogP contribution in [-0.4, -0.2) is 32.3 Å². The molecule has 0 fully saturated rings. The number of hydrogen-bond acceptors (Lipinski definition) is 3. The first-order valence-electron chi connectivity index (χ1n) is 5.37. The van der Waals surface area contributed by atoms with Gasteiger partial charge in [-0.3, -0.25) is 4.79 Å².